The molecule has 0 saturated heterocycles. The Labute approximate surface area is 88.8 Å². The molecule has 0 bridgehead atoms. The molecule has 5 nitrogen and oxygen atoms in total. The van der Waals surface area contributed by atoms with Crippen molar-refractivity contribution < 1.29 is 14.6 Å². The summed E-state index contributed by atoms with van der Waals surface area (Å²) in [6, 6.07) is 9.83. The van der Waals surface area contributed by atoms with E-state index in [2.05, 4.69) is 5.43 Å². The molecular weight excluding hydrogens is 196 g/mol. The Hall–Kier alpha value is -0.980. The second-order valence-electron chi connectivity index (χ2n) is 2.93. The van der Waals surface area contributed by atoms with Gasteiger partial charge in [-0.25, -0.2) is 5.43 Å². The zero-order valence-electron chi connectivity index (χ0n) is 8.43. The molecule has 0 heterocycles. The number of rotatable bonds is 7. The van der Waals surface area contributed by atoms with Crippen LogP contribution in [0.3, 0.4) is 0 Å². The number of aliphatic hydroxyl groups excluding tert-OH is 1. The van der Waals surface area contributed by atoms with E-state index in [4.69, 9.17) is 20.4 Å². The molecule has 1 unspecified atom stereocenters. The maximum atomic E-state index is 8.86. The number of nitrogens with two attached hydrogens (primary N) is 1. The predicted molar refractivity (Wildman–Crippen MR) is 55.4 cm³/mol. The fourth-order valence-electron chi connectivity index (χ4n) is 1.03. The molecule has 0 aliphatic heterocycles. The number of nitrogens with one attached hydrogen (secondary N) is 1. The number of hydrogen-bond acceptors (Lipinski definition) is 5. The maximum Gasteiger partial charge on any atom is 0.226 e. The van der Waals surface area contributed by atoms with Crippen molar-refractivity contribution in [2.24, 2.45) is 5.84 Å². The van der Waals surface area contributed by atoms with Crippen LogP contribution in [0.25, 0.3) is 0 Å². The highest BCUT2D eigenvalue weighted by Crippen LogP contribution is 1.99. The number of ether oxygens (including phenoxy) is 2. The molecule has 0 radical (unpaired) electrons. The first-order valence-electron chi connectivity index (χ1n) is 4.70. The second-order valence-corrected chi connectivity index (χ2v) is 2.93. The minimum Gasteiger partial charge on any atom is -0.374 e. The molecule has 4 N–H and O–H groups in total. The van der Waals surface area contributed by atoms with Gasteiger partial charge in [0.25, 0.3) is 0 Å². The van der Waals surface area contributed by atoms with Crippen LogP contribution in [0, 0.1) is 0 Å². The molecule has 1 rings (SSSR count). The maximum absolute atomic E-state index is 8.86. The Morgan fingerprint density at radius 2 is 2.00 bits per heavy atom. The number of hydrogen-bond donors (Lipinski definition) is 3. The molecule has 1 atom stereocenters. The minimum absolute atomic E-state index is 0.290. The van der Waals surface area contributed by atoms with Gasteiger partial charge in [-0.15, -0.1) is 0 Å². The zero-order valence-corrected chi connectivity index (χ0v) is 8.43. The van der Waals surface area contributed by atoms with Crippen molar-refractivity contribution in [3.05, 3.63) is 35.9 Å². The molecule has 5 heteroatoms. The zero-order chi connectivity index (χ0) is 10.9. The molecule has 0 aromatic heterocycles. The van der Waals surface area contributed by atoms with Crippen LogP contribution in [-0.2, 0) is 16.1 Å². The molecule has 84 valence electrons. The lowest BCUT2D eigenvalue weighted by atomic mass is 10.2. The normalized spacial score (nSPS) is 12.7. The van der Waals surface area contributed by atoms with Gasteiger partial charge in [-0.1, -0.05) is 30.3 Å². The molecule has 1 aromatic carbocycles. The second kappa shape index (κ2) is 7.33. The first kappa shape index (κ1) is 12.1. The van der Waals surface area contributed by atoms with Crippen LogP contribution in [0.5, 0.6) is 0 Å². The molecule has 0 saturated carbocycles. The SMILES string of the molecule is NNC(O)OCCOCc1ccccc1. The van der Waals surface area contributed by atoms with Gasteiger partial charge in [-0.2, -0.15) is 0 Å². The quantitative estimate of drug-likeness (QED) is 0.256. The molecule has 15 heavy (non-hydrogen) atoms. The minimum atomic E-state index is -1.13. The predicted octanol–water partition coefficient (Wildman–Crippen LogP) is -0.0410. The third-order valence-corrected chi connectivity index (χ3v) is 1.76. The molecule has 0 spiro atoms. The standard InChI is InChI=1S/C10H16N2O3/c11-12-10(13)15-7-6-14-8-9-4-2-1-3-5-9/h1-5,10,12-13H,6-8,11H2. The molecular formula is C10H16N2O3. The van der Waals surface area contributed by atoms with Crippen LogP contribution in [0.15, 0.2) is 30.3 Å². The Bertz CT molecular complexity index is 256. The third-order valence-electron chi connectivity index (χ3n) is 1.76. The highest BCUT2D eigenvalue weighted by Gasteiger charge is 1.98. The van der Waals surface area contributed by atoms with Crippen LogP contribution in [-0.4, -0.2) is 24.7 Å². The Balaban J connectivity index is 2.03. The summed E-state index contributed by atoms with van der Waals surface area (Å²) in [4.78, 5) is 0. The Morgan fingerprint density at radius 3 is 2.67 bits per heavy atom. The number of aliphatic hydroxyl groups is 1. The van der Waals surface area contributed by atoms with Gasteiger partial charge < -0.3 is 14.6 Å². The van der Waals surface area contributed by atoms with Gasteiger partial charge in [0.15, 0.2) is 0 Å². The Kier molecular flexibility index (Phi) is 5.91. The summed E-state index contributed by atoms with van der Waals surface area (Å²) >= 11 is 0. The van der Waals surface area contributed by atoms with Gasteiger partial charge in [0, 0.05) is 0 Å². The lowest BCUT2D eigenvalue weighted by Gasteiger charge is -2.10. The van der Waals surface area contributed by atoms with Crippen LogP contribution < -0.4 is 11.3 Å². The summed E-state index contributed by atoms with van der Waals surface area (Å²) in [5.41, 5.74) is 3.16. The lowest BCUT2D eigenvalue weighted by molar-refractivity contribution is -0.132. The molecule has 1 aromatic rings. The fourth-order valence-corrected chi connectivity index (χ4v) is 1.03. The van der Waals surface area contributed by atoms with E-state index in [-0.39, 0.29) is 6.61 Å². The average Bonchev–Trinajstić information content (AvgIpc) is 2.29. The van der Waals surface area contributed by atoms with E-state index in [1.54, 1.807) is 0 Å². The number of hydrazine groups is 1. The summed E-state index contributed by atoms with van der Waals surface area (Å²) in [6.45, 7) is 1.24. The van der Waals surface area contributed by atoms with E-state index in [1.807, 2.05) is 30.3 Å². The fraction of sp³-hybridized carbons (Fsp3) is 0.400. The largest absolute Gasteiger partial charge is 0.374 e. The highest BCUT2D eigenvalue weighted by molar-refractivity contribution is 5.13. The summed E-state index contributed by atoms with van der Waals surface area (Å²) in [6.07, 6.45) is -1.13. The van der Waals surface area contributed by atoms with Crippen molar-refractivity contribution >= 4 is 0 Å². The topological polar surface area (TPSA) is 76.7 Å². The van der Waals surface area contributed by atoms with E-state index in [1.165, 1.54) is 0 Å². The van der Waals surface area contributed by atoms with Crippen LogP contribution in [0.1, 0.15) is 5.56 Å². The van der Waals surface area contributed by atoms with Crippen molar-refractivity contribution in [3.8, 4) is 0 Å². The summed E-state index contributed by atoms with van der Waals surface area (Å²) in [5, 5.41) is 8.86. The van der Waals surface area contributed by atoms with Gasteiger partial charge in [0.05, 0.1) is 19.8 Å². The van der Waals surface area contributed by atoms with Gasteiger partial charge in [-0.05, 0) is 5.56 Å². The molecule has 0 amide bonds. The highest BCUT2D eigenvalue weighted by atomic mass is 16.6. The smallest absolute Gasteiger partial charge is 0.226 e. The summed E-state index contributed by atoms with van der Waals surface area (Å²) in [5.74, 6) is 4.91. The van der Waals surface area contributed by atoms with E-state index >= 15 is 0 Å². The van der Waals surface area contributed by atoms with Crippen molar-refractivity contribution in [2.45, 2.75) is 13.0 Å². The molecule has 0 aliphatic rings. The first-order valence-corrected chi connectivity index (χ1v) is 4.70. The van der Waals surface area contributed by atoms with Crippen molar-refractivity contribution in [1.82, 2.24) is 5.43 Å². The van der Waals surface area contributed by atoms with E-state index in [0.717, 1.165) is 5.56 Å². The van der Waals surface area contributed by atoms with Crippen molar-refractivity contribution in [3.63, 3.8) is 0 Å². The van der Waals surface area contributed by atoms with E-state index < -0.39 is 6.41 Å². The lowest BCUT2D eigenvalue weighted by Crippen LogP contribution is -2.37. The summed E-state index contributed by atoms with van der Waals surface area (Å²) < 4.78 is 10.1. The van der Waals surface area contributed by atoms with E-state index in [0.29, 0.717) is 13.2 Å². The van der Waals surface area contributed by atoms with E-state index in [9.17, 15) is 0 Å². The number of benzene rings is 1. The van der Waals surface area contributed by atoms with Crippen LogP contribution >= 0.6 is 0 Å². The average molecular weight is 212 g/mol. The van der Waals surface area contributed by atoms with Gasteiger partial charge in [0.1, 0.15) is 0 Å². The van der Waals surface area contributed by atoms with Crippen LogP contribution in [0.4, 0.5) is 0 Å². The molecule has 0 aliphatic carbocycles. The Morgan fingerprint density at radius 1 is 1.27 bits per heavy atom. The monoisotopic (exact) mass is 212 g/mol. The third kappa shape index (κ3) is 5.46. The van der Waals surface area contributed by atoms with Crippen LogP contribution in [0.2, 0.25) is 0 Å². The summed E-state index contributed by atoms with van der Waals surface area (Å²) in [7, 11) is 0. The van der Waals surface area contributed by atoms with Gasteiger partial charge in [-0.3, -0.25) is 5.84 Å². The van der Waals surface area contributed by atoms with Gasteiger partial charge in [0.2, 0.25) is 6.41 Å². The van der Waals surface area contributed by atoms with Gasteiger partial charge >= 0.3 is 0 Å². The van der Waals surface area contributed by atoms with Crippen molar-refractivity contribution in [2.75, 3.05) is 13.2 Å². The first-order chi connectivity index (χ1) is 7.33. The van der Waals surface area contributed by atoms with Crippen molar-refractivity contribution in [1.29, 1.82) is 0 Å². The molecule has 0 fully saturated rings.